The van der Waals surface area contributed by atoms with Crippen molar-refractivity contribution < 1.29 is 28.5 Å². The van der Waals surface area contributed by atoms with Crippen LogP contribution in [0.1, 0.15) is 37.8 Å². The van der Waals surface area contributed by atoms with Crippen molar-refractivity contribution in [3.8, 4) is 5.75 Å². The zero-order chi connectivity index (χ0) is 20.4. The third kappa shape index (κ3) is 8.13. The van der Waals surface area contributed by atoms with Crippen molar-refractivity contribution in [3.63, 3.8) is 0 Å². The summed E-state index contributed by atoms with van der Waals surface area (Å²) in [4.78, 5) is 23.1. The lowest BCUT2D eigenvalue weighted by atomic mass is 10.0. The van der Waals surface area contributed by atoms with E-state index in [1.54, 1.807) is 0 Å². The van der Waals surface area contributed by atoms with E-state index in [4.69, 9.17) is 18.9 Å². The zero-order valence-electron chi connectivity index (χ0n) is 16.6. The fraction of sp³-hybridized carbons (Fsp3) is 0.500. The molecule has 0 heterocycles. The predicted molar refractivity (Wildman–Crippen MR) is 102 cm³/mol. The van der Waals surface area contributed by atoms with Crippen molar-refractivity contribution in [3.05, 3.63) is 42.0 Å². The number of aryl methyl sites for hydroxylation is 1. The fourth-order valence-electron chi connectivity index (χ4n) is 2.22. The summed E-state index contributed by atoms with van der Waals surface area (Å²) in [5, 5.41) is 2.40. The Morgan fingerprint density at radius 1 is 1.19 bits per heavy atom. The van der Waals surface area contributed by atoms with Crippen LogP contribution in [0, 0.1) is 6.92 Å². The number of carbonyl (C=O) groups excluding carboxylic acids is 2. The SMILES string of the molecule is C=CC(=O)OC(C)NC(=O)OC(COC)COc1cc(C(C)C)ccc1C. The number of hydrogen-bond acceptors (Lipinski definition) is 6. The number of nitrogens with one attached hydrogen (secondary N) is 1. The Kier molecular flexibility index (Phi) is 9.36. The molecule has 0 fully saturated rings. The number of esters is 1. The third-order valence-corrected chi connectivity index (χ3v) is 3.71. The van der Waals surface area contributed by atoms with E-state index < -0.39 is 24.4 Å². The Hall–Kier alpha value is -2.54. The molecule has 1 rings (SSSR count). The Balaban J connectivity index is 2.63. The molecule has 27 heavy (non-hydrogen) atoms. The van der Waals surface area contributed by atoms with E-state index in [1.165, 1.54) is 14.0 Å². The summed E-state index contributed by atoms with van der Waals surface area (Å²) < 4.78 is 21.1. The molecule has 1 aromatic rings. The van der Waals surface area contributed by atoms with Crippen LogP contribution in [0.5, 0.6) is 5.75 Å². The van der Waals surface area contributed by atoms with Crippen molar-refractivity contribution in [2.45, 2.75) is 45.9 Å². The molecule has 1 amide bonds. The predicted octanol–water partition coefficient (Wildman–Crippen LogP) is 3.31. The van der Waals surface area contributed by atoms with E-state index >= 15 is 0 Å². The van der Waals surface area contributed by atoms with Gasteiger partial charge in [0, 0.05) is 13.2 Å². The van der Waals surface area contributed by atoms with E-state index in [0.29, 0.717) is 5.92 Å². The summed E-state index contributed by atoms with van der Waals surface area (Å²) >= 11 is 0. The largest absolute Gasteiger partial charge is 0.489 e. The first kappa shape index (κ1) is 22.5. The van der Waals surface area contributed by atoms with Crippen molar-refractivity contribution >= 4 is 12.1 Å². The molecule has 0 saturated carbocycles. The number of rotatable bonds is 10. The molecular formula is C20H29NO6. The highest BCUT2D eigenvalue weighted by molar-refractivity contribution is 5.81. The molecule has 7 nitrogen and oxygen atoms in total. The van der Waals surface area contributed by atoms with Gasteiger partial charge in [0.05, 0.1) is 6.61 Å². The average Bonchev–Trinajstić information content (AvgIpc) is 2.60. The topological polar surface area (TPSA) is 83.1 Å². The molecule has 0 spiro atoms. The van der Waals surface area contributed by atoms with Crippen LogP contribution in [-0.2, 0) is 19.0 Å². The van der Waals surface area contributed by atoms with Crippen molar-refractivity contribution in [2.24, 2.45) is 0 Å². The fourth-order valence-corrected chi connectivity index (χ4v) is 2.22. The Bertz CT molecular complexity index is 643. The molecule has 2 unspecified atom stereocenters. The van der Waals surface area contributed by atoms with Crippen LogP contribution >= 0.6 is 0 Å². The van der Waals surface area contributed by atoms with Crippen LogP contribution < -0.4 is 10.1 Å². The second-order valence-corrected chi connectivity index (χ2v) is 6.40. The van der Waals surface area contributed by atoms with Gasteiger partial charge in [0.1, 0.15) is 12.4 Å². The van der Waals surface area contributed by atoms with Gasteiger partial charge in [0.2, 0.25) is 0 Å². The Morgan fingerprint density at radius 2 is 1.89 bits per heavy atom. The van der Waals surface area contributed by atoms with Crippen molar-refractivity contribution in [2.75, 3.05) is 20.3 Å². The highest BCUT2D eigenvalue weighted by Gasteiger charge is 2.18. The number of carbonyl (C=O) groups is 2. The summed E-state index contributed by atoms with van der Waals surface area (Å²) in [5.41, 5.74) is 2.15. The number of methoxy groups -OCH3 is 1. The number of alkyl carbamates (subject to hydrolysis) is 1. The minimum Gasteiger partial charge on any atom is -0.489 e. The number of ether oxygens (including phenoxy) is 4. The van der Waals surface area contributed by atoms with Crippen LogP contribution in [0.2, 0.25) is 0 Å². The van der Waals surface area contributed by atoms with E-state index in [2.05, 4.69) is 31.8 Å². The van der Waals surface area contributed by atoms with Crippen LogP contribution in [0.3, 0.4) is 0 Å². The molecule has 0 saturated heterocycles. The summed E-state index contributed by atoms with van der Waals surface area (Å²) in [6.45, 7) is 11.3. The molecule has 0 aromatic heterocycles. The van der Waals surface area contributed by atoms with Gasteiger partial charge >= 0.3 is 12.1 Å². The molecule has 0 bridgehead atoms. The normalized spacial score (nSPS) is 12.8. The number of hydrogen-bond donors (Lipinski definition) is 1. The maximum absolute atomic E-state index is 12.0. The van der Waals surface area contributed by atoms with Crippen molar-refractivity contribution in [1.29, 1.82) is 0 Å². The summed E-state index contributed by atoms with van der Waals surface area (Å²) in [7, 11) is 1.51. The van der Waals surface area contributed by atoms with E-state index in [0.717, 1.165) is 23.0 Å². The first-order valence-corrected chi connectivity index (χ1v) is 8.79. The molecule has 1 aromatic carbocycles. The van der Waals surface area contributed by atoms with Gasteiger partial charge < -0.3 is 18.9 Å². The minimum atomic E-state index is -0.850. The lowest BCUT2D eigenvalue weighted by molar-refractivity contribution is -0.143. The third-order valence-electron chi connectivity index (χ3n) is 3.71. The Labute approximate surface area is 160 Å². The molecule has 150 valence electrons. The lowest BCUT2D eigenvalue weighted by Gasteiger charge is -2.21. The van der Waals surface area contributed by atoms with Crippen molar-refractivity contribution in [1.82, 2.24) is 5.32 Å². The second-order valence-electron chi connectivity index (χ2n) is 6.40. The molecule has 7 heteroatoms. The van der Waals surface area contributed by atoms with Gasteiger partial charge in [0.15, 0.2) is 12.3 Å². The van der Waals surface area contributed by atoms with E-state index in [-0.39, 0.29) is 13.2 Å². The molecule has 2 atom stereocenters. The maximum atomic E-state index is 12.0. The van der Waals surface area contributed by atoms with Gasteiger partial charge in [-0.1, -0.05) is 32.6 Å². The number of amides is 1. The first-order valence-electron chi connectivity index (χ1n) is 8.79. The van der Waals surface area contributed by atoms with Gasteiger partial charge in [-0.25, -0.2) is 9.59 Å². The van der Waals surface area contributed by atoms with Gasteiger partial charge in [-0.15, -0.1) is 0 Å². The van der Waals surface area contributed by atoms with E-state index in [1.807, 2.05) is 19.1 Å². The van der Waals surface area contributed by atoms with Crippen LogP contribution in [0.25, 0.3) is 0 Å². The van der Waals surface area contributed by atoms with Gasteiger partial charge in [0.25, 0.3) is 0 Å². The molecule has 0 aliphatic rings. The first-order chi connectivity index (χ1) is 12.8. The lowest BCUT2D eigenvalue weighted by Crippen LogP contribution is -2.40. The molecule has 0 aliphatic heterocycles. The van der Waals surface area contributed by atoms with Gasteiger partial charge in [-0.2, -0.15) is 0 Å². The summed E-state index contributed by atoms with van der Waals surface area (Å²) in [5.74, 6) is 0.476. The standard InChI is InChI=1S/C20H29NO6/c1-7-19(22)26-15(5)21-20(23)27-17(11-24-6)12-25-18-10-16(13(2)3)9-8-14(18)4/h7-10,13,15,17H,1,11-12H2,2-6H3,(H,21,23). The molecular weight excluding hydrogens is 350 g/mol. The van der Waals surface area contributed by atoms with Gasteiger partial charge in [-0.3, -0.25) is 5.32 Å². The molecule has 0 aliphatic carbocycles. The molecule has 1 N–H and O–H groups in total. The zero-order valence-corrected chi connectivity index (χ0v) is 16.6. The van der Waals surface area contributed by atoms with Crippen LogP contribution in [0.4, 0.5) is 4.79 Å². The second kappa shape index (κ2) is 11.2. The monoisotopic (exact) mass is 379 g/mol. The Morgan fingerprint density at radius 3 is 2.48 bits per heavy atom. The quantitative estimate of drug-likeness (QED) is 0.381. The molecule has 0 radical (unpaired) electrons. The van der Waals surface area contributed by atoms with Crippen LogP contribution in [-0.4, -0.2) is 44.7 Å². The summed E-state index contributed by atoms with van der Waals surface area (Å²) in [6.07, 6.45) is -1.20. The van der Waals surface area contributed by atoms with Gasteiger partial charge in [-0.05, 0) is 37.0 Å². The van der Waals surface area contributed by atoms with E-state index in [9.17, 15) is 9.59 Å². The average molecular weight is 379 g/mol. The highest BCUT2D eigenvalue weighted by Crippen LogP contribution is 2.24. The van der Waals surface area contributed by atoms with Crippen LogP contribution in [0.15, 0.2) is 30.9 Å². The maximum Gasteiger partial charge on any atom is 0.410 e. The highest BCUT2D eigenvalue weighted by atomic mass is 16.6. The summed E-state index contributed by atoms with van der Waals surface area (Å²) in [6, 6.07) is 6.05. The minimum absolute atomic E-state index is 0.129. The smallest absolute Gasteiger partial charge is 0.410 e. The number of benzene rings is 1.